The van der Waals surface area contributed by atoms with E-state index in [2.05, 4.69) is 5.32 Å². The Morgan fingerprint density at radius 2 is 1.69 bits per heavy atom. The molecule has 0 spiro atoms. The first-order valence-electron chi connectivity index (χ1n) is 10.0. The van der Waals surface area contributed by atoms with Crippen LogP contribution in [-0.4, -0.2) is 49.1 Å². The molecular weight excluding hydrogens is 372 g/mol. The molecule has 2 amide bonds. The Balaban J connectivity index is 2.77. The molecule has 0 unspecified atom stereocenters. The summed E-state index contributed by atoms with van der Waals surface area (Å²) >= 11 is 0. The molecule has 7 heteroatoms. The molecule has 0 heterocycles. The maximum atomic E-state index is 12.5. The van der Waals surface area contributed by atoms with Gasteiger partial charge in [-0.3, -0.25) is 4.79 Å². The van der Waals surface area contributed by atoms with Gasteiger partial charge in [0.15, 0.2) is 0 Å². The van der Waals surface area contributed by atoms with Crippen LogP contribution in [0.5, 0.6) is 0 Å². The molecule has 0 bridgehead atoms. The minimum Gasteiger partial charge on any atom is -0.458 e. The van der Waals surface area contributed by atoms with Crippen LogP contribution in [-0.2, 0) is 25.7 Å². The van der Waals surface area contributed by atoms with Crippen LogP contribution in [0.25, 0.3) is 0 Å². The molecule has 0 aromatic heterocycles. The molecule has 0 saturated heterocycles. The van der Waals surface area contributed by atoms with Gasteiger partial charge in [0.1, 0.15) is 12.6 Å². The van der Waals surface area contributed by atoms with E-state index < -0.39 is 24.2 Å². The molecule has 1 N–H and O–H groups in total. The second kappa shape index (κ2) is 12.1. The SMILES string of the molecule is CC[C@H](C)[C@@H](NC(=O)O[C@@H](CC(C)C)C(=O)OCc1ccccc1)C(=O)N(C)C. The third-order valence-corrected chi connectivity index (χ3v) is 4.61. The van der Waals surface area contributed by atoms with E-state index >= 15 is 0 Å². The Hall–Kier alpha value is -2.57. The average molecular weight is 407 g/mol. The number of esters is 1. The van der Waals surface area contributed by atoms with Gasteiger partial charge in [-0.05, 0) is 23.8 Å². The third-order valence-electron chi connectivity index (χ3n) is 4.61. The molecule has 1 rings (SSSR count). The summed E-state index contributed by atoms with van der Waals surface area (Å²) in [5.41, 5.74) is 0.849. The smallest absolute Gasteiger partial charge is 0.408 e. The molecule has 7 nitrogen and oxygen atoms in total. The molecule has 0 aliphatic rings. The molecule has 29 heavy (non-hydrogen) atoms. The monoisotopic (exact) mass is 406 g/mol. The molecule has 1 aromatic carbocycles. The number of alkyl carbamates (subject to hydrolysis) is 1. The fourth-order valence-electron chi connectivity index (χ4n) is 2.69. The van der Waals surface area contributed by atoms with Gasteiger partial charge in [0, 0.05) is 14.1 Å². The van der Waals surface area contributed by atoms with E-state index in [1.807, 2.05) is 58.0 Å². The summed E-state index contributed by atoms with van der Waals surface area (Å²) < 4.78 is 10.7. The predicted octanol–water partition coefficient (Wildman–Crippen LogP) is 3.37. The lowest BCUT2D eigenvalue weighted by Gasteiger charge is -2.27. The van der Waals surface area contributed by atoms with Crippen LogP contribution in [0.1, 0.15) is 46.1 Å². The number of rotatable bonds is 10. The maximum absolute atomic E-state index is 12.5. The number of carbonyl (C=O) groups is 3. The van der Waals surface area contributed by atoms with Crippen LogP contribution in [0.4, 0.5) is 4.79 Å². The lowest BCUT2D eigenvalue weighted by Crippen LogP contribution is -2.50. The van der Waals surface area contributed by atoms with Crippen LogP contribution in [0, 0.1) is 11.8 Å². The first-order chi connectivity index (χ1) is 13.6. The Morgan fingerprint density at radius 1 is 1.07 bits per heavy atom. The summed E-state index contributed by atoms with van der Waals surface area (Å²) in [7, 11) is 3.26. The van der Waals surface area contributed by atoms with E-state index in [0.29, 0.717) is 12.8 Å². The van der Waals surface area contributed by atoms with E-state index in [1.165, 1.54) is 4.90 Å². The number of nitrogens with zero attached hydrogens (tertiary/aromatic N) is 1. The van der Waals surface area contributed by atoms with Crippen molar-refractivity contribution in [3.05, 3.63) is 35.9 Å². The van der Waals surface area contributed by atoms with E-state index in [4.69, 9.17) is 9.47 Å². The van der Waals surface area contributed by atoms with Crippen molar-refractivity contribution >= 4 is 18.0 Å². The second-order valence-corrected chi connectivity index (χ2v) is 7.86. The lowest BCUT2D eigenvalue weighted by molar-refractivity contribution is -0.156. The topological polar surface area (TPSA) is 84.9 Å². The molecule has 162 valence electrons. The van der Waals surface area contributed by atoms with Gasteiger partial charge in [-0.25, -0.2) is 9.59 Å². The van der Waals surface area contributed by atoms with Gasteiger partial charge in [0.2, 0.25) is 12.0 Å². The molecule has 0 saturated carbocycles. The Labute approximate surface area is 173 Å². The zero-order valence-corrected chi connectivity index (χ0v) is 18.3. The fourth-order valence-corrected chi connectivity index (χ4v) is 2.69. The summed E-state index contributed by atoms with van der Waals surface area (Å²) in [6, 6.07) is 8.57. The molecule has 0 radical (unpaired) electrons. The number of nitrogens with one attached hydrogen (secondary N) is 1. The van der Waals surface area contributed by atoms with Crippen LogP contribution in [0.2, 0.25) is 0 Å². The van der Waals surface area contributed by atoms with Crippen LogP contribution >= 0.6 is 0 Å². The highest BCUT2D eigenvalue weighted by atomic mass is 16.6. The van der Waals surface area contributed by atoms with E-state index in [9.17, 15) is 14.4 Å². The number of hydrogen-bond acceptors (Lipinski definition) is 5. The molecular formula is C22H34N2O5. The van der Waals surface area contributed by atoms with E-state index in [1.54, 1.807) is 14.1 Å². The normalized spacial score (nSPS) is 13.9. The van der Waals surface area contributed by atoms with E-state index in [0.717, 1.165) is 5.56 Å². The fraction of sp³-hybridized carbons (Fsp3) is 0.591. The minimum atomic E-state index is -1.04. The quantitative estimate of drug-likeness (QED) is 0.602. The Kier molecular flexibility index (Phi) is 10.2. The summed E-state index contributed by atoms with van der Waals surface area (Å²) in [5.74, 6) is -0.781. The van der Waals surface area contributed by atoms with E-state index in [-0.39, 0.29) is 24.3 Å². The first-order valence-corrected chi connectivity index (χ1v) is 10.0. The Bertz CT molecular complexity index is 660. The third kappa shape index (κ3) is 8.54. The zero-order valence-electron chi connectivity index (χ0n) is 18.3. The molecule has 0 aliphatic heterocycles. The highest BCUT2D eigenvalue weighted by Crippen LogP contribution is 2.14. The summed E-state index contributed by atoms with van der Waals surface area (Å²) in [6.45, 7) is 7.78. The van der Waals surface area contributed by atoms with Crippen molar-refractivity contribution in [2.45, 2.75) is 59.3 Å². The minimum absolute atomic E-state index is 0.0777. The predicted molar refractivity (Wildman–Crippen MR) is 111 cm³/mol. The molecule has 3 atom stereocenters. The maximum Gasteiger partial charge on any atom is 0.408 e. The highest BCUT2D eigenvalue weighted by Gasteiger charge is 2.31. The Morgan fingerprint density at radius 3 is 2.21 bits per heavy atom. The second-order valence-electron chi connectivity index (χ2n) is 7.86. The summed E-state index contributed by atoms with van der Waals surface area (Å²) in [5, 5.41) is 2.62. The molecule has 0 fully saturated rings. The number of ether oxygens (including phenoxy) is 2. The van der Waals surface area contributed by atoms with Crippen molar-refractivity contribution in [3.8, 4) is 0 Å². The molecule has 0 aliphatic carbocycles. The number of amides is 2. The number of carbonyl (C=O) groups excluding carboxylic acids is 3. The standard InChI is InChI=1S/C22H34N2O5/c1-7-16(4)19(20(25)24(5)6)23-22(27)29-18(13-15(2)3)21(26)28-14-17-11-9-8-10-12-17/h8-12,15-16,18-19H,7,13-14H2,1-6H3,(H,23,27)/t16-,18-,19+/m0/s1. The largest absolute Gasteiger partial charge is 0.458 e. The van der Waals surface area contributed by atoms with Gasteiger partial charge in [0.25, 0.3) is 0 Å². The summed E-state index contributed by atoms with van der Waals surface area (Å²) in [6.07, 6.45) is -0.797. The van der Waals surface area contributed by atoms with Crippen LogP contribution in [0.15, 0.2) is 30.3 Å². The number of hydrogen-bond donors (Lipinski definition) is 1. The van der Waals surface area contributed by atoms with Crippen molar-refractivity contribution in [2.75, 3.05) is 14.1 Å². The van der Waals surface area contributed by atoms with Gasteiger partial charge in [-0.1, -0.05) is 64.4 Å². The van der Waals surface area contributed by atoms with Gasteiger partial charge >= 0.3 is 12.1 Å². The molecule has 1 aromatic rings. The number of likely N-dealkylation sites (N-methyl/N-ethyl adjacent to an activating group) is 1. The van der Waals surface area contributed by atoms with Gasteiger partial charge in [-0.15, -0.1) is 0 Å². The van der Waals surface area contributed by atoms with Crippen molar-refractivity contribution in [1.29, 1.82) is 0 Å². The van der Waals surface area contributed by atoms with Crippen LogP contribution in [0.3, 0.4) is 0 Å². The zero-order chi connectivity index (χ0) is 22.0. The van der Waals surface area contributed by atoms with Gasteiger partial charge in [-0.2, -0.15) is 0 Å². The average Bonchev–Trinajstić information content (AvgIpc) is 2.68. The first kappa shape index (κ1) is 24.5. The van der Waals surface area contributed by atoms with Gasteiger partial charge in [0.05, 0.1) is 0 Å². The van der Waals surface area contributed by atoms with Crippen molar-refractivity contribution < 1.29 is 23.9 Å². The van der Waals surface area contributed by atoms with Crippen molar-refractivity contribution in [1.82, 2.24) is 10.2 Å². The lowest BCUT2D eigenvalue weighted by atomic mass is 9.98. The van der Waals surface area contributed by atoms with Gasteiger partial charge < -0.3 is 19.7 Å². The summed E-state index contributed by atoms with van der Waals surface area (Å²) in [4.78, 5) is 38.8. The van der Waals surface area contributed by atoms with Crippen molar-refractivity contribution in [3.63, 3.8) is 0 Å². The van der Waals surface area contributed by atoms with Crippen molar-refractivity contribution in [2.24, 2.45) is 11.8 Å². The van der Waals surface area contributed by atoms with Crippen LogP contribution < -0.4 is 5.32 Å². The number of benzene rings is 1. The highest BCUT2D eigenvalue weighted by molar-refractivity contribution is 5.86.